The van der Waals surface area contributed by atoms with E-state index in [-0.39, 0.29) is 11.9 Å². The lowest BCUT2D eigenvalue weighted by atomic mass is 9.95. The first-order valence-electron chi connectivity index (χ1n) is 8.04. The standard InChI is InChI=1S/C20H22N2O/c1-14(2)20(15-8-4-3-5-9-15)22-19(23)12-16-13-21-18-11-7-6-10-17(16)18/h3-11,13-14,20-21H,12H2,1-2H3,(H,22,23). The second kappa shape index (κ2) is 6.69. The molecule has 0 aliphatic heterocycles. The Bertz CT molecular complexity index is 790. The molecule has 0 bridgehead atoms. The van der Waals surface area contributed by atoms with E-state index < -0.39 is 0 Å². The summed E-state index contributed by atoms with van der Waals surface area (Å²) >= 11 is 0. The van der Waals surface area contributed by atoms with Crippen LogP contribution in [0, 0.1) is 5.92 Å². The molecule has 0 radical (unpaired) electrons. The second-order valence-corrected chi connectivity index (χ2v) is 6.24. The highest BCUT2D eigenvalue weighted by molar-refractivity contribution is 5.89. The zero-order valence-electron chi connectivity index (χ0n) is 13.5. The van der Waals surface area contributed by atoms with Crippen molar-refractivity contribution in [2.24, 2.45) is 5.92 Å². The first kappa shape index (κ1) is 15.3. The Morgan fingerprint density at radius 3 is 2.48 bits per heavy atom. The Labute approximate surface area is 136 Å². The number of H-pyrrole nitrogens is 1. The number of aromatic amines is 1. The molecule has 118 valence electrons. The molecule has 3 aromatic rings. The first-order valence-corrected chi connectivity index (χ1v) is 8.04. The highest BCUT2D eigenvalue weighted by atomic mass is 16.1. The van der Waals surface area contributed by atoms with E-state index in [4.69, 9.17) is 0 Å². The molecule has 1 unspecified atom stereocenters. The van der Waals surface area contributed by atoms with Crippen LogP contribution in [0.5, 0.6) is 0 Å². The Balaban J connectivity index is 1.75. The summed E-state index contributed by atoms with van der Waals surface area (Å²) in [6.07, 6.45) is 2.32. The lowest BCUT2D eigenvalue weighted by Gasteiger charge is -2.23. The maximum atomic E-state index is 12.5. The van der Waals surface area contributed by atoms with Crippen LogP contribution in [0.2, 0.25) is 0 Å². The fraction of sp³-hybridized carbons (Fsp3) is 0.250. The van der Waals surface area contributed by atoms with Crippen LogP contribution < -0.4 is 5.32 Å². The van der Waals surface area contributed by atoms with Gasteiger partial charge in [-0.05, 0) is 23.1 Å². The smallest absolute Gasteiger partial charge is 0.224 e. The fourth-order valence-electron chi connectivity index (χ4n) is 2.97. The van der Waals surface area contributed by atoms with Gasteiger partial charge in [-0.2, -0.15) is 0 Å². The number of hydrogen-bond donors (Lipinski definition) is 2. The van der Waals surface area contributed by atoms with Crippen LogP contribution in [0.25, 0.3) is 10.9 Å². The molecular formula is C20H22N2O. The van der Waals surface area contributed by atoms with Crippen LogP contribution in [0.1, 0.15) is 31.0 Å². The molecule has 0 aliphatic carbocycles. The quantitative estimate of drug-likeness (QED) is 0.728. The van der Waals surface area contributed by atoms with Crippen molar-refractivity contribution in [1.82, 2.24) is 10.3 Å². The van der Waals surface area contributed by atoms with Crippen LogP contribution in [0.3, 0.4) is 0 Å². The van der Waals surface area contributed by atoms with E-state index in [9.17, 15) is 4.79 Å². The zero-order valence-corrected chi connectivity index (χ0v) is 13.5. The van der Waals surface area contributed by atoms with Crippen LogP contribution in [-0.2, 0) is 11.2 Å². The number of rotatable bonds is 5. The summed E-state index contributed by atoms with van der Waals surface area (Å²) in [5.41, 5.74) is 3.25. The van der Waals surface area contributed by atoms with Gasteiger partial charge in [-0.15, -0.1) is 0 Å². The van der Waals surface area contributed by atoms with Gasteiger partial charge in [-0.3, -0.25) is 4.79 Å². The molecule has 0 spiro atoms. The summed E-state index contributed by atoms with van der Waals surface area (Å²) in [5, 5.41) is 4.30. The Morgan fingerprint density at radius 2 is 1.74 bits per heavy atom. The van der Waals surface area contributed by atoms with Crippen molar-refractivity contribution in [2.75, 3.05) is 0 Å². The Morgan fingerprint density at radius 1 is 1.04 bits per heavy atom. The number of amides is 1. The van der Waals surface area contributed by atoms with Crippen molar-refractivity contribution in [1.29, 1.82) is 0 Å². The van der Waals surface area contributed by atoms with Crippen LogP contribution in [0.4, 0.5) is 0 Å². The fourth-order valence-corrected chi connectivity index (χ4v) is 2.97. The molecule has 0 fully saturated rings. The number of carbonyl (C=O) groups excluding carboxylic acids is 1. The minimum atomic E-state index is 0.0360. The number of nitrogens with one attached hydrogen (secondary N) is 2. The van der Waals surface area contributed by atoms with Crippen molar-refractivity contribution >= 4 is 16.8 Å². The summed E-state index contributed by atoms with van der Waals surface area (Å²) < 4.78 is 0. The van der Waals surface area contributed by atoms with Crippen molar-refractivity contribution in [2.45, 2.75) is 26.3 Å². The van der Waals surface area contributed by atoms with Gasteiger partial charge in [0.15, 0.2) is 0 Å². The molecule has 1 heterocycles. The van der Waals surface area contributed by atoms with Gasteiger partial charge >= 0.3 is 0 Å². The molecule has 0 saturated carbocycles. The average molecular weight is 306 g/mol. The molecule has 0 saturated heterocycles. The van der Waals surface area contributed by atoms with Gasteiger partial charge in [0.2, 0.25) is 5.91 Å². The van der Waals surface area contributed by atoms with E-state index in [2.05, 4.69) is 36.3 Å². The predicted octanol–water partition coefficient (Wildman–Crippen LogP) is 4.22. The third kappa shape index (κ3) is 3.45. The first-order chi connectivity index (χ1) is 11.1. The van der Waals surface area contributed by atoms with E-state index in [0.717, 1.165) is 22.0 Å². The van der Waals surface area contributed by atoms with Crippen LogP contribution >= 0.6 is 0 Å². The zero-order chi connectivity index (χ0) is 16.2. The molecule has 1 aromatic heterocycles. The third-order valence-corrected chi connectivity index (χ3v) is 4.17. The molecule has 23 heavy (non-hydrogen) atoms. The van der Waals surface area contributed by atoms with E-state index in [0.29, 0.717) is 12.3 Å². The maximum absolute atomic E-state index is 12.5. The number of benzene rings is 2. The summed E-state index contributed by atoms with van der Waals surface area (Å²) in [5.74, 6) is 0.390. The summed E-state index contributed by atoms with van der Waals surface area (Å²) in [6, 6.07) is 18.2. The SMILES string of the molecule is CC(C)C(NC(=O)Cc1c[nH]c2ccccc12)c1ccccc1. The van der Waals surface area contributed by atoms with Crippen molar-refractivity contribution in [3.05, 3.63) is 71.9 Å². The monoisotopic (exact) mass is 306 g/mol. The minimum absolute atomic E-state index is 0.0360. The molecular weight excluding hydrogens is 284 g/mol. The lowest BCUT2D eigenvalue weighted by molar-refractivity contribution is -0.121. The van der Waals surface area contributed by atoms with Crippen molar-refractivity contribution < 1.29 is 4.79 Å². The normalized spacial score (nSPS) is 12.5. The summed E-state index contributed by atoms with van der Waals surface area (Å²) in [4.78, 5) is 15.7. The molecule has 3 heteroatoms. The second-order valence-electron chi connectivity index (χ2n) is 6.24. The summed E-state index contributed by atoms with van der Waals surface area (Å²) in [7, 11) is 0. The molecule has 1 amide bonds. The van der Waals surface area contributed by atoms with E-state index >= 15 is 0 Å². The van der Waals surface area contributed by atoms with Crippen molar-refractivity contribution in [3.8, 4) is 0 Å². The number of aromatic nitrogens is 1. The van der Waals surface area contributed by atoms with Gasteiger partial charge in [0.25, 0.3) is 0 Å². The Hall–Kier alpha value is -2.55. The molecule has 1 atom stereocenters. The molecule has 3 rings (SSSR count). The van der Waals surface area contributed by atoms with Gasteiger partial charge in [0.05, 0.1) is 12.5 Å². The highest BCUT2D eigenvalue weighted by Crippen LogP contribution is 2.22. The minimum Gasteiger partial charge on any atom is -0.361 e. The number of para-hydroxylation sites is 1. The highest BCUT2D eigenvalue weighted by Gasteiger charge is 2.18. The summed E-state index contributed by atoms with van der Waals surface area (Å²) in [6.45, 7) is 4.26. The van der Waals surface area contributed by atoms with Gasteiger partial charge in [0, 0.05) is 17.1 Å². The number of hydrogen-bond acceptors (Lipinski definition) is 1. The van der Waals surface area contributed by atoms with Crippen LogP contribution in [-0.4, -0.2) is 10.9 Å². The predicted molar refractivity (Wildman–Crippen MR) is 94.2 cm³/mol. The van der Waals surface area contributed by atoms with Gasteiger partial charge in [0.1, 0.15) is 0 Å². The van der Waals surface area contributed by atoms with Gasteiger partial charge < -0.3 is 10.3 Å². The number of fused-ring (bicyclic) bond motifs is 1. The topological polar surface area (TPSA) is 44.9 Å². The lowest BCUT2D eigenvalue weighted by Crippen LogP contribution is -2.32. The molecule has 2 aromatic carbocycles. The average Bonchev–Trinajstić information content (AvgIpc) is 2.96. The molecule has 3 nitrogen and oxygen atoms in total. The molecule has 0 aliphatic rings. The number of carbonyl (C=O) groups is 1. The maximum Gasteiger partial charge on any atom is 0.224 e. The largest absolute Gasteiger partial charge is 0.361 e. The van der Waals surface area contributed by atoms with E-state index in [1.165, 1.54) is 0 Å². The van der Waals surface area contributed by atoms with Gasteiger partial charge in [-0.25, -0.2) is 0 Å². The van der Waals surface area contributed by atoms with E-state index in [1.54, 1.807) is 0 Å². The van der Waals surface area contributed by atoms with Crippen LogP contribution in [0.15, 0.2) is 60.8 Å². The van der Waals surface area contributed by atoms with Crippen molar-refractivity contribution in [3.63, 3.8) is 0 Å². The Kier molecular flexibility index (Phi) is 4.47. The third-order valence-electron chi connectivity index (χ3n) is 4.17. The van der Waals surface area contributed by atoms with Gasteiger partial charge in [-0.1, -0.05) is 62.4 Å². The van der Waals surface area contributed by atoms with E-state index in [1.807, 2.05) is 48.7 Å². The molecule has 2 N–H and O–H groups in total.